The van der Waals surface area contributed by atoms with Crippen molar-refractivity contribution in [2.45, 2.75) is 38.5 Å². The maximum absolute atomic E-state index is 11.1. The molecule has 3 rings (SSSR count). The summed E-state index contributed by atoms with van der Waals surface area (Å²) >= 11 is 0. The number of rotatable bonds is 4. The lowest BCUT2D eigenvalue weighted by Crippen LogP contribution is -2.10. The summed E-state index contributed by atoms with van der Waals surface area (Å²) in [5, 5.41) is 9.14. The molecule has 1 saturated carbocycles. The highest BCUT2D eigenvalue weighted by molar-refractivity contribution is 5.68. The lowest BCUT2D eigenvalue weighted by atomic mass is 9.87. The number of fused-ring (bicyclic) bond motifs is 1. The number of hydrogen-bond donors (Lipinski definition) is 1. The molecule has 0 bridgehead atoms. The molecule has 0 spiro atoms. The lowest BCUT2D eigenvalue weighted by Gasteiger charge is -2.19. The fraction of sp³-hybridized carbons (Fsp3) is 0.562. The molecule has 4 heteroatoms. The van der Waals surface area contributed by atoms with Gasteiger partial charge in [-0.05, 0) is 54.9 Å². The first kappa shape index (κ1) is 13.3. The summed E-state index contributed by atoms with van der Waals surface area (Å²) in [5.74, 6) is 1.43. The first-order valence-electron chi connectivity index (χ1n) is 7.27. The molecule has 1 N–H and O–H groups in total. The molecule has 1 aromatic rings. The molecular weight excluding hydrogens is 256 g/mol. The summed E-state index contributed by atoms with van der Waals surface area (Å²) < 4.78 is 11.4. The van der Waals surface area contributed by atoms with Gasteiger partial charge in [-0.15, -0.1) is 0 Å². The Balaban J connectivity index is 1.95. The zero-order valence-corrected chi connectivity index (χ0v) is 11.7. The van der Waals surface area contributed by atoms with E-state index < -0.39 is 5.97 Å². The summed E-state index contributed by atoms with van der Waals surface area (Å²) in [7, 11) is 0. The van der Waals surface area contributed by atoms with Gasteiger partial charge in [0.1, 0.15) is 0 Å². The first-order valence-corrected chi connectivity index (χ1v) is 7.27. The Hall–Kier alpha value is -1.71. The second-order valence-electron chi connectivity index (χ2n) is 5.75. The van der Waals surface area contributed by atoms with E-state index in [0.29, 0.717) is 19.1 Å². The lowest BCUT2D eigenvalue weighted by molar-refractivity contribution is -0.137. The van der Waals surface area contributed by atoms with E-state index in [1.165, 1.54) is 0 Å². The van der Waals surface area contributed by atoms with Crippen LogP contribution in [0.1, 0.15) is 42.7 Å². The van der Waals surface area contributed by atoms with Gasteiger partial charge in [-0.1, -0.05) is 0 Å². The Morgan fingerprint density at radius 3 is 2.55 bits per heavy atom. The van der Waals surface area contributed by atoms with Crippen LogP contribution in [0.5, 0.6) is 11.5 Å². The summed E-state index contributed by atoms with van der Waals surface area (Å²) in [6.07, 6.45) is 3.34. The van der Waals surface area contributed by atoms with Crippen molar-refractivity contribution in [2.75, 3.05) is 13.2 Å². The van der Waals surface area contributed by atoms with Crippen LogP contribution in [0.2, 0.25) is 0 Å². The summed E-state index contributed by atoms with van der Waals surface area (Å²) in [5.41, 5.74) is 2.21. The Morgan fingerprint density at radius 2 is 1.95 bits per heavy atom. The maximum Gasteiger partial charge on any atom is 0.303 e. The number of hydrogen-bond acceptors (Lipinski definition) is 3. The second-order valence-corrected chi connectivity index (χ2v) is 5.75. The number of aliphatic carboxylic acids is 1. The van der Waals surface area contributed by atoms with Crippen LogP contribution in [0.25, 0.3) is 0 Å². The Morgan fingerprint density at radius 1 is 1.30 bits per heavy atom. The van der Waals surface area contributed by atoms with Gasteiger partial charge in [0, 0.05) is 6.42 Å². The molecule has 0 amide bonds. The van der Waals surface area contributed by atoms with Gasteiger partial charge in [-0.2, -0.15) is 0 Å². The number of aryl methyl sites for hydroxylation is 1. The quantitative estimate of drug-likeness (QED) is 0.918. The SMILES string of the molecule is Cc1cc2c(cc1C(CC(=O)O)C1CC1)OCCCO2. The second kappa shape index (κ2) is 5.35. The van der Waals surface area contributed by atoms with Crippen LogP contribution in [-0.2, 0) is 4.79 Å². The zero-order valence-electron chi connectivity index (χ0n) is 11.7. The average Bonchev–Trinajstić information content (AvgIpc) is 3.22. The topological polar surface area (TPSA) is 55.8 Å². The highest BCUT2D eigenvalue weighted by Crippen LogP contribution is 2.47. The number of carbonyl (C=O) groups is 1. The molecule has 0 aromatic heterocycles. The van der Waals surface area contributed by atoms with E-state index in [4.69, 9.17) is 14.6 Å². The van der Waals surface area contributed by atoms with E-state index in [1.54, 1.807) is 0 Å². The van der Waals surface area contributed by atoms with E-state index in [0.717, 1.165) is 41.9 Å². The fourth-order valence-electron chi connectivity index (χ4n) is 2.94. The number of ether oxygens (including phenoxy) is 2. The minimum atomic E-state index is -0.728. The molecule has 2 aliphatic rings. The molecule has 1 unspecified atom stereocenters. The van der Waals surface area contributed by atoms with Crippen molar-refractivity contribution in [3.05, 3.63) is 23.3 Å². The summed E-state index contributed by atoms with van der Waals surface area (Å²) in [6, 6.07) is 4.00. The third kappa shape index (κ3) is 2.74. The number of benzene rings is 1. The standard InChI is InChI=1S/C16H20O4/c1-10-7-14-15(20-6-2-5-19-14)8-12(10)13(9-16(17)18)11-3-4-11/h7-8,11,13H,2-6,9H2,1H3,(H,17,18). The minimum absolute atomic E-state index is 0.102. The number of carboxylic acids is 1. The predicted octanol–water partition coefficient (Wildman–Crippen LogP) is 3.12. The van der Waals surface area contributed by atoms with E-state index in [2.05, 4.69) is 0 Å². The van der Waals surface area contributed by atoms with Crippen molar-refractivity contribution in [3.63, 3.8) is 0 Å². The van der Waals surface area contributed by atoms with Crippen LogP contribution >= 0.6 is 0 Å². The molecule has 1 heterocycles. The van der Waals surface area contributed by atoms with Crippen LogP contribution in [0, 0.1) is 12.8 Å². The molecule has 108 valence electrons. The molecule has 1 atom stereocenters. The maximum atomic E-state index is 11.1. The predicted molar refractivity (Wildman–Crippen MR) is 74.5 cm³/mol. The molecule has 1 fully saturated rings. The Kier molecular flexibility index (Phi) is 3.55. The molecule has 4 nitrogen and oxygen atoms in total. The molecule has 1 aliphatic carbocycles. The largest absolute Gasteiger partial charge is 0.490 e. The number of carboxylic acid groups (broad SMARTS) is 1. The van der Waals surface area contributed by atoms with Crippen LogP contribution < -0.4 is 9.47 Å². The van der Waals surface area contributed by atoms with E-state index in [-0.39, 0.29) is 12.3 Å². The van der Waals surface area contributed by atoms with Crippen molar-refractivity contribution in [1.29, 1.82) is 0 Å². The molecule has 1 aliphatic heterocycles. The third-order valence-corrected chi connectivity index (χ3v) is 4.12. The van der Waals surface area contributed by atoms with Crippen molar-refractivity contribution in [3.8, 4) is 11.5 Å². The monoisotopic (exact) mass is 276 g/mol. The molecule has 0 saturated heterocycles. The van der Waals surface area contributed by atoms with Crippen molar-refractivity contribution in [2.24, 2.45) is 5.92 Å². The van der Waals surface area contributed by atoms with Gasteiger partial charge in [0.15, 0.2) is 11.5 Å². The van der Waals surface area contributed by atoms with Crippen LogP contribution in [-0.4, -0.2) is 24.3 Å². The minimum Gasteiger partial charge on any atom is -0.490 e. The van der Waals surface area contributed by atoms with Crippen LogP contribution in [0.4, 0.5) is 0 Å². The van der Waals surface area contributed by atoms with Gasteiger partial charge in [-0.3, -0.25) is 4.79 Å². The van der Waals surface area contributed by atoms with Crippen molar-refractivity contribution >= 4 is 5.97 Å². The van der Waals surface area contributed by atoms with E-state index >= 15 is 0 Å². The highest BCUT2D eigenvalue weighted by atomic mass is 16.5. The molecular formula is C16H20O4. The van der Waals surface area contributed by atoms with Gasteiger partial charge >= 0.3 is 5.97 Å². The van der Waals surface area contributed by atoms with Crippen molar-refractivity contribution in [1.82, 2.24) is 0 Å². The zero-order chi connectivity index (χ0) is 14.1. The molecule has 20 heavy (non-hydrogen) atoms. The third-order valence-electron chi connectivity index (χ3n) is 4.12. The van der Waals surface area contributed by atoms with Crippen molar-refractivity contribution < 1.29 is 19.4 Å². The average molecular weight is 276 g/mol. The van der Waals surface area contributed by atoms with Crippen LogP contribution in [0.15, 0.2) is 12.1 Å². The van der Waals surface area contributed by atoms with Gasteiger partial charge in [0.25, 0.3) is 0 Å². The van der Waals surface area contributed by atoms with Gasteiger partial charge < -0.3 is 14.6 Å². The highest BCUT2D eigenvalue weighted by Gasteiger charge is 2.35. The van der Waals surface area contributed by atoms with Gasteiger partial charge in [0.05, 0.1) is 19.6 Å². The van der Waals surface area contributed by atoms with Gasteiger partial charge in [-0.25, -0.2) is 0 Å². The van der Waals surface area contributed by atoms with E-state index in [9.17, 15) is 4.79 Å². The fourth-order valence-corrected chi connectivity index (χ4v) is 2.94. The van der Waals surface area contributed by atoms with Gasteiger partial charge in [0.2, 0.25) is 0 Å². The molecule has 1 aromatic carbocycles. The Labute approximate surface area is 118 Å². The van der Waals surface area contributed by atoms with E-state index in [1.807, 2.05) is 19.1 Å². The Bertz CT molecular complexity index is 519. The summed E-state index contributed by atoms with van der Waals surface area (Å²) in [4.78, 5) is 11.1. The normalized spacial score (nSPS) is 19.2. The first-order chi connectivity index (χ1) is 9.65. The molecule has 0 radical (unpaired) electrons. The van der Waals surface area contributed by atoms with Crippen LogP contribution in [0.3, 0.4) is 0 Å². The summed E-state index contributed by atoms with van der Waals surface area (Å²) in [6.45, 7) is 3.36. The smallest absolute Gasteiger partial charge is 0.303 e.